The van der Waals surface area contributed by atoms with Crippen molar-refractivity contribution in [2.24, 2.45) is 7.05 Å². The Hall–Kier alpha value is -6.11. The molecule has 4 aromatic rings. The minimum atomic E-state index is -1.01. The summed E-state index contributed by atoms with van der Waals surface area (Å²) < 4.78 is 6.94. The number of pyridine rings is 1. The zero-order valence-electron chi connectivity index (χ0n) is 32.5. The second kappa shape index (κ2) is 15.9. The second-order valence-corrected chi connectivity index (χ2v) is 15.7. The highest BCUT2D eigenvalue weighted by molar-refractivity contribution is 6.33. The summed E-state index contributed by atoms with van der Waals surface area (Å²) in [7, 11) is 3.12. The van der Waals surface area contributed by atoms with Crippen LogP contribution in [0, 0.1) is 0 Å². The van der Waals surface area contributed by atoms with Crippen LogP contribution in [0.2, 0.25) is 5.02 Å². The number of ether oxygens (including phenoxy) is 1. The average molecular weight is 827 g/mol. The van der Waals surface area contributed by atoms with Crippen LogP contribution in [0.3, 0.4) is 0 Å². The van der Waals surface area contributed by atoms with E-state index in [1.54, 1.807) is 37.4 Å². The SMILES string of the molecule is CNC(=O)COc1cc2cc(Nc3nc(N4CCC(O)(CN5CCN(c6ccc7c(c6)C(=O)N(C6CCC(=O)NC6=O)C7=O)CC5)CC4)ncc3Cl)ccc2n(C)c1=O. The van der Waals surface area contributed by atoms with Crippen molar-refractivity contribution < 1.29 is 33.8 Å². The number of imide groups is 2. The molecule has 5 amide bonds. The van der Waals surface area contributed by atoms with Crippen molar-refractivity contribution in [3.05, 3.63) is 75.2 Å². The summed E-state index contributed by atoms with van der Waals surface area (Å²) in [6.07, 6.45) is 2.70. The third kappa shape index (κ3) is 7.90. The molecule has 18 nitrogen and oxygen atoms in total. The Morgan fingerprint density at radius 2 is 1.71 bits per heavy atom. The zero-order valence-corrected chi connectivity index (χ0v) is 33.3. The first-order chi connectivity index (χ1) is 28.3. The lowest BCUT2D eigenvalue weighted by Gasteiger charge is -2.43. The number of nitrogens with zero attached hydrogens (tertiary/aromatic N) is 7. The number of piperidine rings is 2. The van der Waals surface area contributed by atoms with Crippen LogP contribution < -0.4 is 36.0 Å². The number of aromatic nitrogens is 3. The maximum Gasteiger partial charge on any atom is 0.293 e. The van der Waals surface area contributed by atoms with Gasteiger partial charge >= 0.3 is 0 Å². The number of anilines is 4. The van der Waals surface area contributed by atoms with E-state index in [4.69, 9.17) is 21.3 Å². The number of rotatable bonds is 10. The molecular formula is C40H43ClN10O8. The Balaban J connectivity index is 0.859. The van der Waals surface area contributed by atoms with Gasteiger partial charge in [-0.2, -0.15) is 4.98 Å². The van der Waals surface area contributed by atoms with E-state index in [1.165, 1.54) is 17.8 Å². The monoisotopic (exact) mass is 826 g/mol. The van der Waals surface area contributed by atoms with Gasteiger partial charge in [-0.3, -0.25) is 43.9 Å². The molecule has 59 heavy (non-hydrogen) atoms. The molecule has 2 aromatic carbocycles. The van der Waals surface area contributed by atoms with Crippen molar-refractivity contribution in [2.75, 3.05) is 74.6 Å². The minimum Gasteiger partial charge on any atom is -0.478 e. The standard InChI is InChI=1S/C40H43ClN10O8/c1-42-33(53)21-59-31-18-23-17-24(3-6-29(23)47(2)38(31)57)44-34-28(41)20-43-39(46-34)50-11-9-40(58,10-12-50)22-48-13-15-49(16-14-48)25-4-5-26-27(19-25)37(56)51(36(26)55)30-7-8-32(52)45-35(30)54/h3-6,17-20,30,58H,7-16,21-22H2,1-2H3,(H,42,53)(H,43,44,46)(H,45,52,54). The molecule has 2 aromatic heterocycles. The Kier molecular flexibility index (Phi) is 10.7. The number of carbonyl (C=O) groups excluding carboxylic acids is 5. The number of carbonyl (C=O) groups is 5. The summed E-state index contributed by atoms with van der Waals surface area (Å²) in [6.45, 7) is 3.92. The smallest absolute Gasteiger partial charge is 0.293 e. The first-order valence-electron chi connectivity index (χ1n) is 19.4. The van der Waals surface area contributed by atoms with Crippen LogP contribution in [0.5, 0.6) is 5.75 Å². The highest BCUT2D eigenvalue weighted by Gasteiger charge is 2.45. The minimum absolute atomic E-state index is 0.0478. The molecule has 3 saturated heterocycles. The van der Waals surface area contributed by atoms with Gasteiger partial charge in [-0.1, -0.05) is 11.6 Å². The number of amides is 5. The van der Waals surface area contributed by atoms with E-state index in [0.29, 0.717) is 92.0 Å². The lowest BCUT2D eigenvalue weighted by Crippen LogP contribution is -2.55. The van der Waals surface area contributed by atoms with Gasteiger partial charge in [0.25, 0.3) is 23.3 Å². The Labute approximate surface area is 343 Å². The second-order valence-electron chi connectivity index (χ2n) is 15.3. The lowest BCUT2D eigenvalue weighted by atomic mass is 9.90. The zero-order chi connectivity index (χ0) is 41.6. The Morgan fingerprint density at radius 3 is 2.44 bits per heavy atom. The number of hydrogen-bond donors (Lipinski definition) is 4. The summed E-state index contributed by atoms with van der Waals surface area (Å²) in [5.74, 6) is -1.58. The summed E-state index contributed by atoms with van der Waals surface area (Å²) in [5, 5.41) is 20.6. The van der Waals surface area contributed by atoms with E-state index in [-0.39, 0.29) is 47.8 Å². The number of hydrogen-bond acceptors (Lipinski definition) is 14. The molecule has 0 spiro atoms. The number of aryl methyl sites for hydroxylation is 1. The quantitative estimate of drug-likeness (QED) is 0.167. The molecule has 3 fully saturated rings. The fourth-order valence-electron chi connectivity index (χ4n) is 8.10. The average Bonchev–Trinajstić information content (AvgIpc) is 3.47. The summed E-state index contributed by atoms with van der Waals surface area (Å²) in [4.78, 5) is 91.6. The first-order valence-corrected chi connectivity index (χ1v) is 19.8. The van der Waals surface area contributed by atoms with Crippen LogP contribution in [-0.4, -0.2) is 130 Å². The molecule has 1 unspecified atom stereocenters. The molecule has 4 aliphatic rings. The Morgan fingerprint density at radius 1 is 0.966 bits per heavy atom. The number of likely N-dealkylation sites (N-methyl/N-ethyl adjacent to an activating group) is 1. The van der Waals surface area contributed by atoms with E-state index in [1.807, 2.05) is 17.0 Å². The molecule has 6 heterocycles. The van der Waals surface area contributed by atoms with Gasteiger partial charge in [-0.05, 0) is 61.7 Å². The number of nitrogens with one attached hydrogen (secondary N) is 3. The summed E-state index contributed by atoms with van der Waals surface area (Å²) >= 11 is 6.53. The maximum absolute atomic E-state index is 13.3. The molecule has 0 bridgehead atoms. The van der Waals surface area contributed by atoms with Crippen LogP contribution >= 0.6 is 11.6 Å². The van der Waals surface area contributed by atoms with Crippen molar-refractivity contribution in [1.82, 2.24) is 35.0 Å². The fourth-order valence-corrected chi connectivity index (χ4v) is 8.24. The van der Waals surface area contributed by atoms with Gasteiger partial charge in [0.15, 0.2) is 18.2 Å². The highest BCUT2D eigenvalue weighted by atomic mass is 35.5. The third-order valence-electron chi connectivity index (χ3n) is 11.5. The van der Waals surface area contributed by atoms with Gasteiger partial charge in [0.05, 0.1) is 28.4 Å². The van der Waals surface area contributed by atoms with Crippen molar-refractivity contribution in [1.29, 1.82) is 0 Å². The molecule has 8 rings (SSSR count). The topological polar surface area (TPSA) is 212 Å². The lowest BCUT2D eigenvalue weighted by molar-refractivity contribution is -0.136. The highest BCUT2D eigenvalue weighted by Crippen LogP contribution is 2.33. The normalized spacial score (nSPS) is 19.5. The van der Waals surface area contributed by atoms with Crippen LogP contribution in [-0.2, 0) is 21.4 Å². The molecule has 0 radical (unpaired) electrons. The molecule has 4 aliphatic heterocycles. The fraction of sp³-hybridized carbons (Fsp3) is 0.400. The predicted molar refractivity (Wildman–Crippen MR) is 217 cm³/mol. The van der Waals surface area contributed by atoms with Gasteiger partial charge in [0.2, 0.25) is 17.8 Å². The Bertz CT molecular complexity index is 2440. The van der Waals surface area contributed by atoms with Crippen molar-refractivity contribution in [3.63, 3.8) is 0 Å². The van der Waals surface area contributed by atoms with Gasteiger partial charge in [0.1, 0.15) is 11.1 Å². The van der Waals surface area contributed by atoms with E-state index in [2.05, 4.69) is 30.7 Å². The van der Waals surface area contributed by atoms with Crippen molar-refractivity contribution in [2.45, 2.75) is 37.3 Å². The summed E-state index contributed by atoms with van der Waals surface area (Å²) in [5.41, 5.74) is 1.33. The number of halogens is 1. The molecule has 308 valence electrons. The van der Waals surface area contributed by atoms with Crippen molar-refractivity contribution >= 4 is 75.2 Å². The van der Waals surface area contributed by atoms with E-state index in [9.17, 15) is 33.9 Å². The molecule has 0 saturated carbocycles. The summed E-state index contributed by atoms with van der Waals surface area (Å²) in [6, 6.07) is 11.1. The number of aliphatic hydroxyl groups is 1. The maximum atomic E-state index is 13.3. The van der Waals surface area contributed by atoms with E-state index >= 15 is 0 Å². The van der Waals surface area contributed by atoms with Crippen molar-refractivity contribution in [3.8, 4) is 5.75 Å². The van der Waals surface area contributed by atoms with Crippen LogP contribution in [0.4, 0.5) is 23.1 Å². The van der Waals surface area contributed by atoms with Gasteiger partial charge in [-0.25, -0.2) is 4.98 Å². The van der Waals surface area contributed by atoms with E-state index in [0.717, 1.165) is 10.6 Å². The first kappa shape index (κ1) is 39.7. The van der Waals surface area contributed by atoms with E-state index < -0.39 is 35.3 Å². The van der Waals surface area contributed by atoms with Crippen LogP contribution in [0.15, 0.2) is 53.5 Å². The van der Waals surface area contributed by atoms with Crippen LogP contribution in [0.1, 0.15) is 46.4 Å². The van der Waals surface area contributed by atoms with Gasteiger partial charge < -0.3 is 34.8 Å². The number of benzene rings is 2. The van der Waals surface area contributed by atoms with Gasteiger partial charge in [0, 0.05) is 83.1 Å². The largest absolute Gasteiger partial charge is 0.478 e. The number of fused-ring (bicyclic) bond motifs is 2. The molecule has 1 atom stereocenters. The third-order valence-corrected chi connectivity index (χ3v) is 11.8. The molecule has 19 heteroatoms. The predicted octanol–water partition coefficient (Wildman–Crippen LogP) is 1.41. The molecule has 4 N–H and O–H groups in total. The van der Waals surface area contributed by atoms with Gasteiger partial charge in [-0.15, -0.1) is 0 Å². The number of piperazine rings is 1. The molecule has 0 aliphatic carbocycles. The number of β-amino-alcohol motifs (C(OH)–C–C–N with tert-alkyl or cyclic N) is 1. The van der Waals surface area contributed by atoms with Crippen LogP contribution in [0.25, 0.3) is 10.9 Å². The molecular weight excluding hydrogens is 784 g/mol.